The SMILES string of the molecule is O=C1CCN(C[C@@]23C[C@H](c4ccccc42)c2ccc(Cl)cc23)CC1. The van der Waals surface area contributed by atoms with E-state index in [1.165, 1.54) is 22.3 Å². The standard InChI is InChI=1S/C21H20ClNO/c22-14-5-6-17-18-12-21(20(17)11-14,19-4-2-1-3-16(18)19)13-23-9-7-15(24)8-10-23/h1-6,11,18H,7-10,12-13H2/t18-,21+/m1/s1. The molecule has 2 bridgehead atoms. The van der Waals surface area contributed by atoms with E-state index in [2.05, 4.69) is 41.3 Å². The fraction of sp³-hybridized carbons (Fsp3) is 0.381. The second-order valence-corrected chi connectivity index (χ2v) is 7.91. The lowest BCUT2D eigenvalue weighted by Crippen LogP contribution is -2.43. The Hall–Kier alpha value is -1.64. The summed E-state index contributed by atoms with van der Waals surface area (Å²) in [7, 11) is 0. The highest BCUT2D eigenvalue weighted by atomic mass is 35.5. The lowest BCUT2D eigenvalue weighted by atomic mass is 9.74. The Labute approximate surface area is 147 Å². The molecule has 1 saturated heterocycles. The van der Waals surface area contributed by atoms with Crippen molar-refractivity contribution in [1.29, 1.82) is 0 Å². The minimum atomic E-state index is 0.0435. The number of rotatable bonds is 2. The number of ketones is 1. The van der Waals surface area contributed by atoms with Crippen LogP contribution in [0, 0.1) is 0 Å². The van der Waals surface area contributed by atoms with E-state index < -0.39 is 0 Å². The first-order valence-corrected chi connectivity index (χ1v) is 9.18. The highest BCUT2D eigenvalue weighted by Crippen LogP contribution is 2.60. The molecule has 5 rings (SSSR count). The molecule has 0 spiro atoms. The molecule has 0 aromatic heterocycles. The first-order chi connectivity index (χ1) is 11.7. The van der Waals surface area contributed by atoms with Crippen LogP contribution in [-0.2, 0) is 10.2 Å². The minimum absolute atomic E-state index is 0.0435. The molecule has 0 radical (unpaired) electrons. The molecule has 3 heteroatoms. The molecule has 2 aliphatic carbocycles. The monoisotopic (exact) mass is 337 g/mol. The van der Waals surface area contributed by atoms with Crippen LogP contribution in [0.1, 0.15) is 47.4 Å². The van der Waals surface area contributed by atoms with Crippen LogP contribution >= 0.6 is 11.6 Å². The van der Waals surface area contributed by atoms with Crippen molar-refractivity contribution in [3.8, 4) is 0 Å². The molecule has 1 fully saturated rings. The van der Waals surface area contributed by atoms with Gasteiger partial charge in [0.25, 0.3) is 0 Å². The molecule has 3 aliphatic rings. The first kappa shape index (κ1) is 14.7. The summed E-state index contributed by atoms with van der Waals surface area (Å²) in [6, 6.07) is 15.3. The molecule has 1 heterocycles. The number of nitrogens with zero attached hydrogens (tertiary/aromatic N) is 1. The van der Waals surface area contributed by atoms with E-state index in [1.54, 1.807) is 0 Å². The van der Waals surface area contributed by atoms with Crippen molar-refractivity contribution in [2.45, 2.75) is 30.6 Å². The number of halogens is 1. The van der Waals surface area contributed by atoms with Gasteiger partial charge < -0.3 is 4.90 Å². The van der Waals surface area contributed by atoms with Gasteiger partial charge in [-0.3, -0.25) is 4.79 Å². The van der Waals surface area contributed by atoms with Gasteiger partial charge in [-0.25, -0.2) is 0 Å². The average molecular weight is 338 g/mol. The number of benzene rings is 2. The van der Waals surface area contributed by atoms with Gasteiger partial charge in [0.2, 0.25) is 0 Å². The van der Waals surface area contributed by atoms with Crippen LogP contribution in [-0.4, -0.2) is 30.3 Å². The number of hydrogen-bond donors (Lipinski definition) is 0. The van der Waals surface area contributed by atoms with E-state index in [-0.39, 0.29) is 5.41 Å². The third-order valence-electron chi connectivity index (χ3n) is 6.22. The van der Waals surface area contributed by atoms with E-state index in [4.69, 9.17) is 11.6 Å². The van der Waals surface area contributed by atoms with Gasteiger partial charge in [0.05, 0.1) is 0 Å². The number of fused-ring (bicyclic) bond motifs is 8. The van der Waals surface area contributed by atoms with Crippen LogP contribution in [0.15, 0.2) is 42.5 Å². The van der Waals surface area contributed by atoms with Crippen molar-refractivity contribution >= 4 is 17.4 Å². The Balaban J connectivity index is 1.61. The van der Waals surface area contributed by atoms with E-state index in [0.717, 1.165) is 31.1 Å². The molecule has 2 nitrogen and oxygen atoms in total. The minimum Gasteiger partial charge on any atom is -0.301 e. The summed E-state index contributed by atoms with van der Waals surface area (Å²) in [6.45, 7) is 2.79. The molecule has 2 aromatic carbocycles. The van der Waals surface area contributed by atoms with Crippen molar-refractivity contribution in [1.82, 2.24) is 4.90 Å². The van der Waals surface area contributed by atoms with Gasteiger partial charge in [0, 0.05) is 48.8 Å². The summed E-state index contributed by atoms with van der Waals surface area (Å²) >= 11 is 6.35. The fourth-order valence-electron chi connectivity index (χ4n) is 5.16. The molecule has 0 amide bonds. The van der Waals surface area contributed by atoms with E-state index >= 15 is 0 Å². The predicted molar refractivity (Wildman–Crippen MR) is 95.8 cm³/mol. The normalized spacial score (nSPS) is 28.0. The van der Waals surface area contributed by atoms with Gasteiger partial charge >= 0.3 is 0 Å². The Morgan fingerprint density at radius 3 is 2.62 bits per heavy atom. The second-order valence-electron chi connectivity index (χ2n) is 7.47. The average Bonchev–Trinajstić information content (AvgIpc) is 3.09. The maximum atomic E-state index is 11.6. The summed E-state index contributed by atoms with van der Waals surface area (Å²) in [6.07, 6.45) is 2.54. The third-order valence-corrected chi connectivity index (χ3v) is 6.45. The van der Waals surface area contributed by atoms with Gasteiger partial charge in [0.15, 0.2) is 0 Å². The Bertz CT molecular complexity index is 835. The lowest BCUT2D eigenvalue weighted by Gasteiger charge is -2.38. The predicted octanol–water partition coefficient (Wildman–Crippen LogP) is 4.14. The largest absolute Gasteiger partial charge is 0.301 e. The quantitative estimate of drug-likeness (QED) is 0.821. The smallest absolute Gasteiger partial charge is 0.135 e. The van der Waals surface area contributed by atoms with Crippen molar-refractivity contribution in [2.75, 3.05) is 19.6 Å². The Kier molecular flexibility index (Phi) is 3.17. The van der Waals surface area contributed by atoms with Gasteiger partial charge in [-0.05, 0) is 40.8 Å². The van der Waals surface area contributed by atoms with Crippen LogP contribution in [0.4, 0.5) is 0 Å². The molecule has 24 heavy (non-hydrogen) atoms. The third kappa shape index (κ3) is 1.96. The van der Waals surface area contributed by atoms with Crippen molar-refractivity contribution in [3.05, 3.63) is 69.7 Å². The van der Waals surface area contributed by atoms with E-state index in [0.29, 0.717) is 24.5 Å². The van der Waals surface area contributed by atoms with Crippen LogP contribution in [0.2, 0.25) is 5.02 Å². The summed E-state index contributed by atoms with van der Waals surface area (Å²) in [5.74, 6) is 0.906. The molecular weight excluding hydrogens is 318 g/mol. The Morgan fingerprint density at radius 1 is 1.04 bits per heavy atom. The van der Waals surface area contributed by atoms with Gasteiger partial charge in [-0.1, -0.05) is 41.9 Å². The van der Waals surface area contributed by atoms with Gasteiger partial charge in [-0.2, -0.15) is 0 Å². The number of Topliss-reactive ketones (excluding diaryl/α,β-unsaturated/α-hetero) is 1. The number of carbonyl (C=O) groups excluding carboxylic acids is 1. The molecular formula is C21H20ClNO. The molecule has 0 N–H and O–H groups in total. The molecule has 2 aromatic rings. The van der Waals surface area contributed by atoms with Crippen LogP contribution in [0.25, 0.3) is 0 Å². The first-order valence-electron chi connectivity index (χ1n) is 8.81. The zero-order chi connectivity index (χ0) is 16.3. The molecule has 0 saturated carbocycles. The van der Waals surface area contributed by atoms with Crippen molar-refractivity contribution < 1.29 is 4.79 Å². The number of likely N-dealkylation sites (tertiary alicyclic amines) is 1. The molecule has 2 atom stereocenters. The summed E-state index contributed by atoms with van der Waals surface area (Å²) in [4.78, 5) is 14.1. The second kappa shape index (κ2) is 5.18. The summed E-state index contributed by atoms with van der Waals surface area (Å²) < 4.78 is 0. The van der Waals surface area contributed by atoms with E-state index in [9.17, 15) is 4.79 Å². The van der Waals surface area contributed by atoms with Crippen molar-refractivity contribution in [2.24, 2.45) is 0 Å². The fourth-order valence-corrected chi connectivity index (χ4v) is 5.33. The van der Waals surface area contributed by atoms with Crippen LogP contribution in [0.3, 0.4) is 0 Å². The number of piperidine rings is 1. The zero-order valence-corrected chi connectivity index (χ0v) is 14.4. The summed E-state index contributed by atoms with van der Waals surface area (Å²) in [5, 5.41) is 0.826. The van der Waals surface area contributed by atoms with Crippen molar-refractivity contribution in [3.63, 3.8) is 0 Å². The molecule has 0 unspecified atom stereocenters. The topological polar surface area (TPSA) is 20.3 Å². The summed E-state index contributed by atoms with van der Waals surface area (Å²) in [5.41, 5.74) is 5.87. The Morgan fingerprint density at radius 2 is 1.79 bits per heavy atom. The highest BCUT2D eigenvalue weighted by molar-refractivity contribution is 6.30. The highest BCUT2D eigenvalue weighted by Gasteiger charge is 2.53. The van der Waals surface area contributed by atoms with E-state index in [1.807, 2.05) is 6.07 Å². The zero-order valence-electron chi connectivity index (χ0n) is 13.6. The molecule has 1 aliphatic heterocycles. The van der Waals surface area contributed by atoms with Gasteiger partial charge in [0.1, 0.15) is 5.78 Å². The number of hydrogen-bond acceptors (Lipinski definition) is 2. The maximum absolute atomic E-state index is 11.6. The van der Waals surface area contributed by atoms with Crippen LogP contribution < -0.4 is 0 Å². The molecule has 122 valence electrons. The number of carbonyl (C=O) groups is 1. The lowest BCUT2D eigenvalue weighted by molar-refractivity contribution is -0.121. The van der Waals surface area contributed by atoms with Gasteiger partial charge in [-0.15, -0.1) is 0 Å². The maximum Gasteiger partial charge on any atom is 0.135 e. The van der Waals surface area contributed by atoms with Crippen LogP contribution in [0.5, 0.6) is 0 Å².